The van der Waals surface area contributed by atoms with Crippen LogP contribution in [0, 0.1) is 5.92 Å². The van der Waals surface area contributed by atoms with E-state index in [4.69, 9.17) is 14.2 Å². The number of carbonyl (C=O) groups is 1. The van der Waals surface area contributed by atoms with Gasteiger partial charge < -0.3 is 39.7 Å². The quantitative estimate of drug-likeness (QED) is 0.275. The summed E-state index contributed by atoms with van der Waals surface area (Å²) in [5.74, 6) is -0.804. The summed E-state index contributed by atoms with van der Waals surface area (Å²) in [5.41, 5.74) is 0.0295. The number of carbonyl (C=O) groups excluding carboxylic acids is 1. The highest BCUT2D eigenvalue weighted by molar-refractivity contribution is 5.66. The van der Waals surface area contributed by atoms with Crippen LogP contribution in [-0.4, -0.2) is 87.6 Å². The molecule has 5 N–H and O–H groups in total. The van der Waals surface area contributed by atoms with E-state index in [2.05, 4.69) is 0 Å². The smallest absolute Gasteiger partial charge is 0.303 e. The van der Waals surface area contributed by atoms with Gasteiger partial charge in [-0.3, -0.25) is 4.79 Å². The van der Waals surface area contributed by atoms with Gasteiger partial charge in [0.2, 0.25) is 0 Å². The molecular weight excluding hydrogens is 348 g/mol. The zero-order chi connectivity index (χ0) is 19.5. The summed E-state index contributed by atoms with van der Waals surface area (Å²) < 4.78 is 16.4. The second kappa shape index (κ2) is 8.75. The van der Waals surface area contributed by atoms with Crippen molar-refractivity contribution in [3.63, 3.8) is 0 Å². The van der Waals surface area contributed by atoms with E-state index in [9.17, 15) is 30.3 Å². The van der Waals surface area contributed by atoms with Crippen molar-refractivity contribution in [3.8, 4) is 0 Å². The summed E-state index contributed by atoms with van der Waals surface area (Å²) in [7, 11) is 0. The molecule has 0 aromatic carbocycles. The van der Waals surface area contributed by atoms with E-state index in [1.54, 1.807) is 13.0 Å². The van der Waals surface area contributed by atoms with Crippen LogP contribution in [0.3, 0.4) is 0 Å². The van der Waals surface area contributed by atoms with Crippen LogP contribution >= 0.6 is 0 Å². The van der Waals surface area contributed by atoms with Gasteiger partial charge in [-0.15, -0.1) is 0 Å². The highest BCUT2D eigenvalue weighted by Crippen LogP contribution is 2.43. The maximum absolute atomic E-state index is 11.4. The fraction of sp³-hybridized carbons (Fsp3) is 0.824. The van der Waals surface area contributed by atoms with Crippen molar-refractivity contribution in [3.05, 3.63) is 11.6 Å². The summed E-state index contributed by atoms with van der Waals surface area (Å²) in [6.45, 7) is 2.37. The van der Waals surface area contributed by atoms with Crippen molar-refractivity contribution in [1.82, 2.24) is 0 Å². The lowest BCUT2D eigenvalue weighted by molar-refractivity contribution is -0.304. The van der Waals surface area contributed by atoms with Crippen LogP contribution in [0.2, 0.25) is 0 Å². The standard InChI is InChI=1S/C17H28O9/c1-9(20)26-17(2)5-3-10(4-6-18)11(17)8-24-16-15(23)14(22)13(21)12(7-19)25-16/h4,11-16,18-19,21-23H,3,5-8H2,1-2H3. The molecule has 7 atom stereocenters. The van der Waals surface area contributed by atoms with Crippen molar-refractivity contribution < 1.29 is 44.5 Å². The van der Waals surface area contributed by atoms with Crippen LogP contribution in [0.4, 0.5) is 0 Å². The fourth-order valence-corrected chi connectivity index (χ4v) is 3.62. The van der Waals surface area contributed by atoms with Crippen LogP contribution < -0.4 is 0 Å². The van der Waals surface area contributed by atoms with Gasteiger partial charge in [0, 0.05) is 12.8 Å². The first-order chi connectivity index (χ1) is 12.2. The van der Waals surface area contributed by atoms with E-state index < -0.39 is 48.9 Å². The van der Waals surface area contributed by atoms with Crippen molar-refractivity contribution in [1.29, 1.82) is 0 Å². The summed E-state index contributed by atoms with van der Waals surface area (Å²) in [6, 6.07) is 0. The van der Waals surface area contributed by atoms with Crippen LogP contribution in [-0.2, 0) is 19.0 Å². The molecule has 9 nitrogen and oxygen atoms in total. The Kier molecular flexibility index (Phi) is 7.14. The normalized spacial score (nSPS) is 42.2. The number of hydrogen-bond donors (Lipinski definition) is 5. The first-order valence-corrected chi connectivity index (χ1v) is 8.65. The lowest BCUT2D eigenvalue weighted by Gasteiger charge is -2.40. The number of aliphatic hydroxyl groups excluding tert-OH is 5. The second-order valence-corrected chi connectivity index (χ2v) is 6.95. The number of ether oxygens (including phenoxy) is 3. The predicted octanol–water partition coefficient (Wildman–Crippen LogP) is -1.55. The maximum atomic E-state index is 11.4. The number of rotatable bonds is 6. The molecule has 0 bridgehead atoms. The minimum absolute atomic E-state index is 0.00168. The Morgan fingerprint density at radius 1 is 1.27 bits per heavy atom. The Bertz CT molecular complexity index is 520. The van der Waals surface area contributed by atoms with Gasteiger partial charge in [-0.1, -0.05) is 11.6 Å². The number of hydrogen-bond acceptors (Lipinski definition) is 9. The number of aliphatic hydroxyl groups is 5. The van der Waals surface area contributed by atoms with E-state index in [-0.39, 0.29) is 19.1 Å². The van der Waals surface area contributed by atoms with E-state index in [0.29, 0.717) is 12.8 Å². The predicted molar refractivity (Wildman–Crippen MR) is 87.8 cm³/mol. The van der Waals surface area contributed by atoms with Crippen LogP contribution in [0.15, 0.2) is 11.6 Å². The molecule has 150 valence electrons. The first kappa shape index (κ1) is 21.2. The average molecular weight is 376 g/mol. The van der Waals surface area contributed by atoms with E-state index in [0.717, 1.165) is 5.57 Å². The lowest BCUT2D eigenvalue weighted by atomic mass is 9.90. The monoisotopic (exact) mass is 376 g/mol. The fourth-order valence-electron chi connectivity index (χ4n) is 3.62. The molecule has 0 amide bonds. The van der Waals surface area contributed by atoms with Crippen molar-refractivity contribution in [2.75, 3.05) is 19.8 Å². The number of esters is 1. The summed E-state index contributed by atoms with van der Waals surface area (Å²) in [5, 5.41) is 48.1. The van der Waals surface area contributed by atoms with Crippen molar-refractivity contribution in [2.45, 2.75) is 63.0 Å². The van der Waals surface area contributed by atoms with Gasteiger partial charge in [0.15, 0.2) is 6.29 Å². The third kappa shape index (κ3) is 4.42. The molecule has 7 unspecified atom stereocenters. The molecule has 2 rings (SSSR count). The van der Waals surface area contributed by atoms with Gasteiger partial charge in [-0.25, -0.2) is 0 Å². The molecule has 26 heavy (non-hydrogen) atoms. The van der Waals surface area contributed by atoms with Gasteiger partial charge in [0.05, 0.1) is 19.8 Å². The molecule has 0 spiro atoms. The average Bonchev–Trinajstić information content (AvgIpc) is 2.87. The first-order valence-electron chi connectivity index (χ1n) is 8.65. The van der Waals surface area contributed by atoms with E-state index in [1.807, 2.05) is 0 Å². The third-order valence-corrected chi connectivity index (χ3v) is 5.10. The molecule has 1 heterocycles. The highest BCUT2D eigenvalue weighted by atomic mass is 16.7. The molecule has 2 aliphatic rings. The largest absolute Gasteiger partial charge is 0.459 e. The Hall–Kier alpha value is -1.07. The van der Waals surface area contributed by atoms with Crippen LogP contribution in [0.25, 0.3) is 0 Å². The summed E-state index contributed by atoms with van der Waals surface area (Å²) >= 11 is 0. The molecule has 0 aromatic rings. The van der Waals surface area contributed by atoms with Crippen molar-refractivity contribution in [2.24, 2.45) is 5.92 Å². The molecular formula is C17H28O9. The SMILES string of the molecule is CC(=O)OC1(C)CCC(=CCO)C1COC1OC(CO)C(O)C(O)C1O. The van der Waals surface area contributed by atoms with Gasteiger partial charge in [0.25, 0.3) is 0 Å². The van der Waals surface area contributed by atoms with Crippen LogP contribution in [0.5, 0.6) is 0 Å². The van der Waals surface area contributed by atoms with E-state index in [1.165, 1.54) is 6.92 Å². The molecule has 2 fully saturated rings. The minimum atomic E-state index is -1.53. The topological polar surface area (TPSA) is 146 Å². The molecule has 0 radical (unpaired) electrons. The Morgan fingerprint density at radius 2 is 1.96 bits per heavy atom. The minimum Gasteiger partial charge on any atom is -0.459 e. The molecule has 9 heteroatoms. The third-order valence-electron chi connectivity index (χ3n) is 5.10. The molecule has 1 saturated carbocycles. The van der Waals surface area contributed by atoms with E-state index >= 15 is 0 Å². The second-order valence-electron chi connectivity index (χ2n) is 6.95. The Labute approximate surface area is 151 Å². The Morgan fingerprint density at radius 3 is 2.54 bits per heavy atom. The van der Waals surface area contributed by atoms with Crippen LogP contribution in [0.1, 0.15) is 26.7 Å². The Balaban J connectivity index is 2.10. The zero-order valence-electron chi connectivity index (χ0n) is 14.9. The maximum Gasteiger partial charge on any atom is 0.303 e. The molecule has 1 aliphatic carbocycles. The van der Waals surface area contributed by atoms with Crippen molar-refractivity contribution >= 4 is 5.97 Å². The molecule has 1 aliphatic heterocycles. The van der Waals surface area contributed by atoms with Gasteiger partial charge in [-0.05, 0) is 19.8 Å². The highest BCUT2D eigenvalue weighted by Gasteiger charge is 2.48. The van der Waals surface area contributed by atoms with Gasteiger partial charge in [-0.2, -0.15) is 0 Å². The van der Waals surface area contributed by atoms with Gasteiger partial charge >= 0.3 is 5.97 Å². The summed E-state index contributed by atoms with van der Waals surface area (Å²) in [4.78, 5) is 11.4. The molecule has 1 saturated heterocycles. The van der Waals surface area contributed by atoms with Gasteiger partial charge in [0.1, 0.15) is 30.0 Å². The summed E-state index contributed by atoms with van der Waals surface area (Å²) in [6.07, 6.45) is -4.00. The zero-order valence-corrected chi connectivity index (χ0v) is 14.9. The lowest BCUT2D eigenvalue weighted by Crippen LogP contribution is -2.59. The molecule has 0 aromatic heterocycles.